The van der Waals surface area contributed by atoms with E-state index in [2.05, 4.69) is 15.4 Å². The predicted octanol–water partition coefficient (Wildman–Crippen LogP) is 3.35. The van der Waals surface area contributed by atoms with E-state index in [1.165, 1.54) is 6.07 Å². The van der Waals surface area contributed by atoms with Crippen LogP contribution in [0, 0.1) is 5.82 Å². The molecule has 1 aromatic heterocycles. The summed E-state index contributed by atoms with van der Waals surface area (Å²) in [5.41, 5.74) is 2.60. The average molecular weight is 275 g/mol. The van der Waals surface area contributed by atoms with Crippen molar-refractivity contribution in [3.05, 3.63) is 59.4 Å². The molecule has 94 valence electrons. The summed E-state index contributed by atoms with van der Waals surface area (Å²) in [4.78, 5) is 0. The maximum absolute atomic E-state index is 13.8. The molecule has 0 atom stereocenters. The van der Waals surface area contributed by atoms with Crippen molar-refractivity contribution < 1.29 is 9.49 Å². The second-order valence-corrected chi connectivity index (χ2v) is 4.50. The molecule has 0 aliphatic rings. The van der Waals surface area contributed by atoms with Gasteiger partial charge in [-0.05, 0) is 36.4 Å². The Kier molecular flexibility index (Phi) is 3.01. The van der Waals surface area contributed by atoms with Gasteiger partial charge in [0.2, 0.25) is 5.69 Å². The van der Waals surface area contributed by atoms with Crippen molar-refractivity contribution in [3.63, 3.8) is 0 Å². The third-order valence-corrected chi connectivity index (χ3v) is 3.10. The quantitative estimate of drug-likeness (QED) is 0.765. The smallest absolute Gasteiger partial charge is 0.206 e. The van der Waals surface area contributed by atoms with E-state index in [-0.39, 0.29) is 5.82 Å². The van der Waals surface area contributed by atoms with Crippen LogP contribution in [-0.4, -0.2) is 10.3 Å². The summed E-state index contributed by atoms with van der Waals surface area (Å²) in [5, 5.41) is 10.3. The number of benzene rings is 2. The van der Waals surface area contributed by atoms with Gasteiger partial charge < -0.3 is 0 Å². The fourth-order valence-electron chi connectivity index (χ4n) is 1.93. The fourth-order valence-corrected chi connectivity index (χ4v) is 2.05. The van der Waals surface area contributed by atoms with Crippen LogP contribution in [-0.2, 0) is 0 Å². The van der Waals surface area contributed by atoms with Crippen molar-refractivity contribution in [1.29, 1.82) is 0 Å². The van der Waals surface area contributed by atoms with Crippen molar-refractivity contribution in [2.75, 3.05) is 0 Å². The number of hydrogen-bond acceptors (Lipinski definition) is 1. The molecule has 0 unspecified atom stereocenters. The number of nitrogens with zero attached hydrogens (tertiary/aromatic N) is 1. The number of nitrogens with one attached hydrogen (secondary N) is 2. The lowest BCUT2D eigenvalue weighted by atomic mass is 10.0. The maximum atomic E-state index is 13.8. The van der Waals surface area contributed by atoms with Crippen LogP contribution in [0.15, 0.2) is 48.5 Å². The monoisotopic (exact) mass is 274 g/mol. The highest BCUT2D eigenvalue weighted by molar-refractivity contribution is 6.30. The van der Waals surface area contributed by atoms with E-state index in [0.717, 1.165) is 11.3 Å². The molecule has 5 heteroatoms. The molecule has 0 radical (unpaired) electrons. The van der Waals surface area contributed by atoms with E-state index in [9.17, 15) is 4.39 Å². The first-order valence-electron chi connectivity index (χ1n) is 5.72. The summed E-state index contributed by atoms with van der Waals surface area (Å²) in [6.07, 6.45) is 0. The van der Waals surface area contributed by atoms with E-state index in [1.54, 1.807) is 30.3 Å². The van der Waals surface area contributed by atoms with Crippen LogP contribution in [0.1, 0.15) is 0 Å². The summed E-state index contributed by atoms with van der Waals surface area (Å²) in [7, 11) is 0. The summed E-state index contributed by atoms with van der Waals surface area (Å²) in [6, 6.07) is 13.8. The lowest BCUT2D eigenvalue weighted by Crippen LogP contribution is -2.05. The first-order chi connectivity index (χ1) is 9.25. The Hall–Kier alpha value is -2.20. The average Bonchev–Trinajstić information content (AvgIpc) is 2.89. The molecule has 2 aromatic carbocycles. The van der Waals surface area contributed by atoms with Crippen molar-refractivity contribution in [3.8, 4) is 22.5 Å². The van der Waals surface area contributed by atoms with Crippen LogP contribution >= 0.6 is 11.6 Å². The number of H-pyrrole nitrogens is 2. The molecular weight excluding hydrogens is 265 g/mol. The molecule has 0 saturated carbocycles. The zero-order chi connectivity index (χ0) is 13.2. The van der Waals surface area contributed by atoms with Gasteiger partial charge >= 0.3 is 0 Å². The largest absolute Gasteiger partial charge is 0.259 e. The molecule has 0 fully saturated rings. The van der Waals surface area contributed by atoms with Crippen LogP contribution < -0.4 is 5.10 Å². The molecule has 2 N–H and O–H groups in total. The van der Waals surface area contributed by atoms with E-state index in [4.69, 9.17) is 11.6 Å². The van der Waals surface area contributed by atoms with Crippen LogP contribution in [0.4, 0.5) is 4.39 Å². The zero-order valence-corrected chi connectivity index (χ0v) is 10.6. The van der Waals surface area contributed by atoms with Crippen LogP contribution in [0.2, 0.25) is 5.02 Å². The van der Waals surface area contributed by atoms with Gasteiger partial charge in [0.15, 0.2) is 0 Å². The molecule has 3 nitrogen and oxygen atoms in total. The number of hydrogen-bond donors (Lipinski definition) is 1. The third-order valence-electron chi connectivity index (χ3n) is 2.85. The van der Waals surface area contributed by atoms with Crippen molar-refractivity contribution in [1.82, 2.24) is 10.3 Å². The SMILES string of the molecule is Fc1ccccc1-c1n[nH][nH+]c1-c1ccc(Cl)cc1. The molecule has 0 aliphatic carbocycles. The number of halogens is 2. The summed E-state index contributed by atoms with van der Waals surface area (Å²) in [6.45, 7) is 0. The van der Waals surface area contributed by atoms with Crippen LogP contribution in [0.5, 0.6) is 0 Å². The highest BCUT2D eigenvalue weighted by Gasteiger charge is 2.21. The molecule has 3 rings (SSSR count). The molecule has 0 saturated heterocycles. The molecule has 0 bridgehead atoms. The molecule has 0 spiro atoms. The molecule has 3 aromatic rings. The van der Waals surface area contributed by atoms with Gasteiger partial charge in [0, 0.05) is 15.7 Å². The van der Waals surface area contributed by atoms with E-state index >= 15 is 0 Å². The predicted molar refractivity (Wildman–Crippen MR) is 71.0 cm³/mol. The first kappa shape index (κ1) is 11.9. The topological polar surface area (TPSA) is 42.8 Å². The Morgan fingerprint density at radius 2 is 1.79 bits per heavy atom. The van der Waals surface area contributed by atoms with Gasteiger partial charge in [-0.25, -0.2) is 4.39 Å². The van der Waals surface area contributed by atoms with Gasteiger partial charge in [0.25, 0.3) is 5.69 Å². The van der Waals surface area contributed by atoms with Crippen molar-refractivity contribution in [2.24, 2.45) is 0 Å². The second-order valence-electron chi connectivity index (χ2n) is 4.06. The van der Waals surface area contributed by atoms with Gasteiger partial charge in [0.1, 0.15) is 5.82 Å². The van der Waals surface area contributed by atoms with Gasteiger partial charge in [-0.3, -0.25) is 0 Å². The highest BCUT2D eigenvalue weighted by Crippen LogP contribution is 2.28. The molecular formula is C14H10ClFN3+. The Balaban J connectivity index is 2.13. The molecule has 0 aliphatic heterocycles. The minimum absolute atomic E-state index is 0.307. The van der Waals surface area contributed by atoms with E-state index in [1.807, 2.05) is 12.1 Å². The van der Waals surface area contributed by atoms with Gasteiger partial charge in [-0.1, -0.05) is 28.9 Å². The van der Waals surface area contributed by atoms with Gasteiger partial charge in [0.05, 0.1) is 5.56 Å². The Bertz CT molecular complexity index is 707. The lowest BCUT2D eigenvalue weighted by Gasteiger charge is -1.98. The van der Waals surface area contributed by atoms with E-state index in [0.29, 0.717) is 16.3 Å². The Labute approximate surface area is 114 Å². The Morgan fingerprint density at radius 1 is 1.05 bits per heavy atom. The molecule has 1 heterocycles. The first-order valence-corrected chi connectivity index (χ1v) is 6.10. The number of rotatable bonds is 2. The summed E-state index contributed by atoms with van der Waals surface area (Å²) >= 11 is 5.86. The number of aromatic amines is 2. The Morgan fingerprint density at radius 3 is 2.53 bits per heavy atom. The van der Waals surface area contributed by atoms with Gasteiger partial charge in [-0.15, -0.1) is 0 Å². The van der Waals surface area contributed by atoms with E-state index < -0.39 is 0 Å². The maximum Gasteiger partial charge on any atom is 0.259 e. The third kappa shape index (κ3) is 2.22. The highest BCUT2D eigenvalue weighted by atomic mass is 35.5. The second kappa shape index (κ2) is 4.82. The van der Waals surface area contributed by atoms with Crippen molar-refractivity contribution in [2.45, 2.75) is 0 Å². The summed E-state index contributed by atoms with van der Waals surface area (Å²) in [5.74, 6) is -0.307. The minimum atomic E-state index is -0.307. The zero-order valence-electron chi connectivity index (χ0n) is 9.82. The standard InChI is InChI=1S/C14H9ClFN3/c15-10-7-5-9(6-8-10)13-14(18-19-17-13)11-3-1-2-4-12(11)16/h1-8H,(H,17,18,19)/p+1. The van der Waals surface area contributed by atoms with Crippen LogP contribution in [0.25, 0.3) is 22.5 Å². The molecule has 19 heavy (non-hydrogen) atoms. The molecule has 0 amide bonds. The summed E-state index contributed by atoms with van der Waals surface area (Å²) < 4.78 is 13.8. The number of aromatic nitrogens is 3. The van der Waals surface area contributed by atoms with Crippen molar-refractivity contribution >= 4 is 11.6 Å². The fraction of sp³-hybridized carbons (Fsp3) is 0. The van der Waals surface area contributed by atoms with Gasteiger partial charge in [-0.2, -0.15) is 5.10 Å². The lowest BCUT2D eigenvalue weighted by molar-refractivity contribution is -0.443. The van der Waals surface area contributed by atoms with Crippen LogP contribution in [0.3, 0.4) is 0 Å². The minimum Gasteiger partial charge on any atom is -0.206 e. The normalized spacial score (nSPS) is 10.6.